The smallest absolute Gasteiger partial charge is 0.282 e. The van der Waals surface area contributed by atoms with E-state index in [2.05, 4.69) is 6.92 Å². The zero-order chi connectivity index (χ0) is 13.9. The number of nitrogens with zero attached hydrogens (tertiary/aromatic N) is 2. The van der Waals surface area contributed by atoms with Gasteiger partial charge in [0.15, 0.2) is 0 Å². The first-order valence-electron chi connectivity index (χ1n) is 7.43. The van der Waals surface area contributed by atoms with Gasteiger partial charge in [0.05, 0.1) is 6.61 Å². The normalized spacial score (nSPS) is 27.2. The minimum atomic E-state index is -3.40. The predicted octanol–water partition coefficient (Wildman–Crippen LogP) is 1.20. The molecule has 5 nitrogen and oxygen atoms in total. The highest BCUT2D eigenvalue weighted by Crippen LogP contribution is 2.28. The molecule has 0 aromatic heterocycles. The molecule has 0 radical (unpaired) electrons. The summed E-state index contributed by atoms with van der Waals surface area (Å²) >= 11 is 0. The summed E-state index contributed by atoms with van der Waals surface area (Å²) in [7, 11) is -3.40. The number of aliphatic hydroxyl groups excluding tert-OH is 1. The molecule has 6 heteroatoms. The molecule has 1 saturated heterocycles. The van der Waals surface area contributed by atoms with Crippen LogP contribution in [0.3, 0.4) is 0 Å². The van der Waals surface area contributed by atoms with Crippen LogP contribution in [0, 0.1) is 5.92 Å². The second-order valence-corrected chi connectivity index (χ2v) is 7.77. The Labute approximate surface area is 116 Å². The Morgan fingerprint density at radius 2 is 1.89 bits per heavy atom. The van der Waals surface area contributed by atoms with Crippen LogP contribution in [0.15, 0.2) is 0 Å². The van der Waals surface area contributed by atoms with E-state index in [0.717, 1.165) is 38.5 Å². The van der Waals surface area contributed by atoms with Gasteiger partial charge in [-0.2, -0.15) is 17.0 Å². The van der Waals surface area contributed by atoms with Crippen LogP contribution in [0.5, 0.6) is 0 Å². The lowest BCUT2D eigenvalue weighted by molar-refractivity contribution is 0.202. The van der Waals surface area contributed by atoms with Gasteiger partial charge in [-0.3, -0.25) is 0 Å². The van der Waals surface area contributed by atoms with Crippen LogP contribution in [0.2, 0.25) is 0 Å². The van der Waals surface area contributed by atoms with Crippen molar-refractivity contribution < 1.29 is 13.5 Å². The van der Waals surface area contributed by atoms with Crippen LogP contribution < -0.4 is 0 Å². The zero-order valence-electron chi connectivity index (χ0n) is 11.8. The number of aliphatic hydroxyl groups is 1. The number of hydrogen-bond donors (Lipinski definition) is 1. The van der Waals surface area contributed by atoms with Crippen LogP contribution in [-0.4, -0.2) is 54.4 Å². The molecule has 1 aliphatic carbocycles. The van der Waals surface area contributed by atoms with Crippen LogP contribution in [0.1, 0.15) is 45.4 Å². The van der Waals surface area contributed by atoms with E-state index in [1.54, 1.807) is 8.61 Å². The summed E-state index contributed by atoms with van der Waals surface area (Å²) in [5.74, 6) is 0.433. The van der Waals surface area contributed by atoms with Crippen molar-refractivity contribution in [2.24, 2.45) is 5.92 Å². The van der Waals surface area contributed by atoms with Crippen LogP contribution >= 0.6 is 0 Å². The molecule has 0 amide bonds. The molecule has 19 heavy (non-hydrogen) atoms. The minimum Gasteiger partial charge on any atom is -0.395 e. The average Bonchev–Trinajstić information content (AvgIpc) is 2.89. The molecule has 1 heterocycles. The minimum absolute atomic E-state index is 0.0920. The lowest BCUT2D eigenvalue weighted by atomic mass is 10.0. The van der Waals surface area contributed by atoms with Gasteiger partial charge in [0.1, 0.15) is 0 Å². The molecular formula is C13H26N2O3S. The third kappa shape index (κ3) is 3.48. The van der Waals surface area contributed by atoms with Crippen molar-refractivity contribution in [2.75, 3.05) is 26.2 Å². The standard InChI is InChI=1S/C13H26N2O3S/c1-12-5-4-8-14(11-12)19(17,18)15(9-10-16)13-6-2-3-7-13/h12-13,16H,2-11H2,1H3. The van der Waals surface area contributed by atoms with Gasteiger partial charge in [0.2, 0.25) is 0 Å². The Morgan fingerprint density at radius 3 is 2.47 bits per heavy atom. The third-order valence-electron chi connectivity index (χ3n) is 4.29. The van der Waals surface area contributed by atoms with Crippen LogP contribution in [-0.2, 0) is 10.2 Å². The molecule has 1 N–H and O–H groups in total. The molecule has 0 spiro atoms. The summed E-state index contributed by atoms with van der Waals surface area (Å²) in [6.45, 7) is 3.49. The summed E-state index contributed by atoms with van der Waals surface area (Å²) < 4.78 is 28.7. The van der Waals surface area contributed by atoms with E-state index in [4.69, 9.17) is 0 Å². The van der Waals surface area contributed by atoms with Gasteiger partial charge in [-0.25, -0.2) is 0 Å². The van der Waals surface area contributed by atoms with E-state index >= 15 is 0 Å². The van der Waals surface area contributed by atoms with Gasteiger partial charge < -0.3 is 5.11 Å². The Morgan fingerprint density at radius 1 is 1.21 bits per heavy atom. The Balaban J connectivity index is 2.13. The van der Waals surface area contributed by atoms with Gasteiger partial charge in [-0.05, 0) is 31.6 Å². The molecule has 1 aliphatic heterocycles. The molecule has 1 atom stereocenters. The van der Waals surface area contributed by atoms with Gasteiger partial charge in [-0.15, -0.1) is 0 Å². The maximum atomic E-state index is 12.7. The predicted molar refractivity (Wildman–Crippen MR) is 74.9 cm³/mol. The van der Waals surface area contributed by atoms with Crippen molar-refractivity contribution >= 4 is 10.2 Å². The fourth-order valence-electron chi connectivity index (χ4n) is 3.28. The van der Waals surface area contributed by atoms with Crippen LogP contribution in [0.4, 0.5) is 0 Å². The maximum Gasteiger partial charge on any atom is 0.282 e. The van der Waals surface area contributed by atoms with E-state index < -0.39 is 10.2 Å². The lowest BCUT2D eigenvalue weighted by Crippen LogP contribution is -2.51. The molecule has 2 fully saturated rings. The number of rotatable bonds is 5. The van der Waals surface area contributed by atoms with Crippen LogP contribution in [0.25, 0.3) is 0 Å². The van der Waals surface area contributed by atoms with Crippen molar-refractivity contribution in [3.05, 3.63) is 0 Å². The van der Waals surface area contributed by atoms with Crippen molar-refractivity contribution in [3.63, 3.8) is 0 Å². The highest BCUT2D eigenvalue weighted by molar-refractivity contribution is 7.86. The molecule has 2 aliphatic rings. The van der Waals surface area contributed by atoms with Gasteiger partial charge in [-0.1, -0.05) is 19.8 Å². The number of piperidine rings is 1. The summed E-state index contributed by atoms with van der Waals surface area (Å²) in [5, 5.41) is 9.19. The summed E-state index contributed by atoms with van der Waals surface area (Å²) in [6.07, 6.45) is 6.11. The van der Waals surface area contributed by atoms with Gasteiger partial charge in [0, 0.05) is 25.7 Å². The Kier molecular flexibility index (Phi) is 5.22. The molecule has 0 bridgehead atoms. The van der Waals surface area contributed by atoms with Crippen molar-refractivity contribution in [1.82, 2.24) is 8.61 Å². The molecular weight excluding hydrogens is 264 g/mol. The zero-order valence-corrected chi connectivity index (χ0v) is 12.6. The number of hydrogen-bond acceptors (Lipinski definition) is 3. The quantitative estimate of drug-likeness (QED) is 0.827. The monoisotopic (exact) mass is 290 g/mol. The highest BCUT2D eigenvalue weighted by atomic mass is 32.2. The summed E-state index contributed by atoms with van der Waals surface area (Å²) in [4.78, 5) is 0. The molecule has 112 valence electrons. The van der Waals surface area contributed by atoms with Crippen molar-refractivity contribution in [3.8, 4) is 0 Å². The molecule has 1 saturated carbocycles. The van der Waals surface area contributed by atoms with E-state index in [0.29, 0.717) is 19.0 Å². The van der Waals surface area contributed by atoms with Crippen molar-refractivity contribution in [2.45, 2.75) is 51.5 Å². The second-order valence-electron chi connectivity index (χ2n) is 5.89. The average molecular weight is 290 g/mol. The van der Waals surface area contributed by atoms with Crippen molar-refractivity contribution in [1.29, 1.82) is 0 Å². The van der Waals surface area contributed by atoms with E-state index in [9.17, 15) is 13.5 Å². The largest absolute Gasteiger partial charge is 0.395 e. The Hall–Kier alpha value is -0.170. The maximum absolute atomic E-state index is 12.7. The molecule has 0 aromatic carbocycles. The summed E-state index contributed by atoms with van der Waals surface area (Å²) in [5.41, 5.74) is 0. The third-order valence-corrected chi connectivity index (χ3v) is 6.35. The first kappa shape index (κ1) is 15.2. The first-order valence-corrected chi connectivity index (χ1v) is 8.83. The SMILES string of the molecule is CC1CCCN(S(=O)(=O)N(CCO)C2CCCC2)C1. The Bertz CT molecular complexity index is 379. The van der Waals surface area contributed by atoms with E-state index in [1.165, 1.54) is 0 Å². The first-order chi connectivity index (χ1) is 9.05. The van der Waals surface area contributed by atoms with Gasteiger partial charge in [0.25, 0.3) is 10.2 Å². The van der Waals surface area contributed by atoms with E-state index in [-0.39, 0.29) is 19.2 Å². The fourth-order valence-corrected chi connectivity index (χ4v) is 5.28. The van der Waals surface area contributed by atoms with E-state index in [1.807, 2.05) is 0 Å². The molecule has 1 unspecified atom stereocenters. The lowest BCUT2D eigenvalue weighted by Gasteiger charge is -2.36. The molecule has 2 rings (SSSR count). The highest BCUT2D eigenvalue weighted by Gasteiger charge is 2.37. The topological polar surface area (TPSA) is 60.9 Å². The summed E-state index contributed by atoms with van der Waals surface area (Å²) in [6, 6.07) is 0.0920. The fraction of sp³-hybridized carbons (Fsp3) is 1.00. The van der Waals surface area contributed by atoms with Gasteiger partial charge >= 0.3 is 0 Å². The molecule has 0 aromatic rings. The second kappa shape index (κ2) is 6.52.